The Balaban J connectivity index is 0.000000224. The zero-order valence-corrected chi connectivity index (χ0v) is 35.2. The molecule has 0 aliphatic carbocycles. The Kier molecular flexibility index (Phi) is 16.6. The Morgan fingerprint density at radius 2 is 1.00 bits per heavy atom. The summed E-state index contributed by atoms with van der Waals surface area (Å²) in [7, 11) is 0. The van der Waals surface area contributed by atoms with Crippen molar-refractivity contribution in [2.45, 2.75) is 52.4 Å². The number of carbonyl (C=O) groups is 2. The third kappa shape index (κ3) is 10.9. The fraction of sp³-hybridized carbons (Fsp3) is 0.500. The van der Waals surface area contributed by atoms with Crippen molar-refractivity contribution in [2.75, 3.05) is 74.7 Å². The molecule has 2 amide bonds. The number of benzene rings is 2. The summed E-state index contributed by atoms with van der Waals surface area (Å²) in [5.74, 6) is -0.157. The van der Waals surface area contributed by atoms with E-state index in [1.165, 1.54) is 62.0 Å². The molecule has 4 aliphatic heterocycles. The topological polar surface area (TPSA) is 96.5 Å². The van der Waals surface area contributed by atoms with E-state index >= 15 is 0 Å². The first-order valence-electron chi connectivity index (χ1n) is 17.2. The molecule has 2 fully saturated rings. The fourth-order valence-electron chi connectivity index (χ4n) is 6.60. The van der Waals surface area contributed by atoms with Gasteiger partial charge in [0.1, 0.15) is 0 Å². The van der Waals surface area contributed by atoms with Crippen LogP contribution in [0.2, 0.25) is 0 Å². The molecule has 0 aromatic heterocycles. The smallest absolute Gasteiger partial charge is 0.752 e. The summed E-state index contributed by atoms with van der Waals surface area (Å²) in [6.45, 7) is 11.7. The molecule has 276 valence electrons. The average molecular weight is 946 g/mol. The summed E-state index contributed by atoms with van der Waals surface area (Å²) in [6, 6.07) is 12.1. The molecule has 2 saturated heterocycles. The van der Waals surface area contributed by atoms with Gasteiger partial charge in [-0.3, -0.25) is 9.59 Å². The fourth-order valence-corrected chi connectivity index (χ4v) is 6.93. The third-order valence-electron chi connectivity index (χ3n) is 9.28. The van der Waals surface area contributed by atoms with Crippen LogP contribution in [-0.2, 0) is 55.9 Å². The summed E-state index contributed by atoms with van der Waals surface area (Å²) in [5.41, 5.74) is 6.57. The molecule has 0 radical (unpaired) electrons. The van der Waals surface area contributed by atoms with Gasteiger partial charge >= 0.3 is 21.1 Å². The number of thioether (sulfide) groups is 2. The predicted octanol–water partition coefficient (Wildman–Crippen LogP) is 5.59. The maximum atomic E-state index is 12.9. The molecule has 0 unspecified atom stereocenters. The van der Waals surface area contributed by atoms with E-state index in [2.05, 4.69) is 30.2 Å². The summed E-state index contributed by atoms with van der Waals surface area (Å²) in [4.78, 5) is 34.4. The number of likely N-dealkylation sites (tertiary alicyclic amines) is 2. The van der Waals surface area contributed by atoms with Gasteiger partial charge < -0.3 is 44.9 Å². The van der Waals surface area contributed by atoms with E-state index in [1.807, 2.05) is 72.6 Å². The molecular weight excluding hydrogens is 900 g/mol. The molecule has 2 aromatic carbocycles. The maximum absolute atomic E-state index is 12.9. The number of amides is 2. The van der Waals surface area contributed by atoms with Crippen molar-refractivity contribution in [3.63, 3.8) is 0 Å². The van der Waals surface area contributed by atoms with Gasteiger partial charge in [0.05, 0.1) is 11.4 Å². The SMILES string of the molecule is CS/C([S-])=N/N=C1/C(=O)N(CCN2CCCCC2)c2ccc(C)cc21.CS/C([S-])=N/N=C1/C(=O)N(CCN2CCCCC2)c2ccc(C)cc21.[Pt+2]. The third-order valence-corrected chi connectivity index (χ3v) is 11.3. The van der Waals surface area contributed by atoms with Gasteiger partial charge in [0.2, 0.25) is 0 Å². The molecular formula is C36H46N8O2PtS4. The Morgan fingerprint density at radius 3 is 1.35 bits per heavy atom. The maximum Gasteiger partial charge on any atom is 2.00 e. The minimum Gasteiger partial charge on any atom is -0.752 e. The quantitative estimate of drug-likeness (QED) is 0.147. The van der Waals surface area contributed by atoms with Crippen LogP contribution in [0.5, 0.6) is 0 Å². The van der Waals surface area contributed by atoms with E-state index in [0.29, 0.717) is 33.3 Å². The Bertz CT molecular complexity index is 1550. The van der Waals surface area contributed by atoms with Crippen molar-refractivity contribution in [1.82, 2.24) is 9.80 Å². The molecule has 0 N–H and O–H groups in total. The zero-order valence-electron chi connectivity index (χ0n) is 29.7. The van der Waals surface area contributed by atoms with Gasteiger partial charge in [-0.2, -0.15) is 10.2 Å². The average Bonchev–Trinajstić information content (AvgIpc) is 3.55. The second kappa shape index (κ2) is 20.3. The first-order valence-corrected chi connectivity index (χ1v) is 20.5. The molecule has 0 bridgehead atoms. The second-order valence-corrected chi connectivity index (χ2v) is 15.7. The number of piperidine rings is 2. The number of anilines is 2. The molecule has 0 spiro atoms. The standard InChI is InChI=1S/2C18H24N4OS2.Pt/c2*1-13-6-7-15-14(12-13)16(19-20-18(24)25-2)17(23)22(15)11-10-21-8-4-3-5-9-21;/h2*6-7,12H,3-5,8-11H2,1-2H3,(H,20,24);/q;;+2/p-2/b2*19-16+;. The van der Waals surface area contributed by atoms with E-state index in [0.717, 1.165) is 72.9 Å². The van der Waals surface area contributed by atoms with Crippen LogP contribution in [0.4, 0.5) is 11.4 Å². The van der Waals surface area contributed by atoms with Crippen LogP contribution in [0.3, 0.4) is 0 Å². The summed E-state index contributed by atoms with van der Waals surface area (Å²) in [6.07, 6.45) is 11.3. The molecule has 4 heterocycles. The normalized spacial score (nSPS) is 20.0. The number of hydrogen-bond acceptors (Lipinski definition) is 12. The van der Waals surface area contributed by atoms with Crippen LogP contribution in [-0.4, -0.2) is 107 Å². The number of nitrogens with zero attached hydrogens (tertiary/aromatic N) is 8. The predicted molar refractivity (Wildman–Crippen MR) is 217 cm³/mol. The van der Waals surface area contributed by atoms with Crippen LogP contribution < -0.4 is 9.80 Å². The minimum atomic E-state index is -0.0785. The number of carbonyl (C=O) groups excluding carboxylic acids is 2. The number of aryl methyl sites for hydroxylation is 2. The Hall–Kier alpha value is -2.19. The van der Waals surface area contributed by atoms with Crippen molar-refractivity contribution >= 4 is 92.1 Å². The number of rotatable bonds is 8. The van der Waals surface area contributed by atoms with Gasteiger partial charge in [-0.1, -0.05) is 36.1 Å². The van der Waals surface area contributed by atoms with E-state index in [-0.39, 0.29) is 32.9 Å². The monoisotopic (exact) mass is 945 g/mol. The molecule has 4 aliphatic rings. The molecule has 15 heteroatoms. The van der Waals surface area contributed by atoms with Crippen molar-refractivity contribution in [3.8, 4) is 0 Å². The largest absolute Gasteiger partial charge is 2.00 e. The van der Waals surface area contributed by atoms with Crippen molar-refractivity contribution < 1.29 is 30.7 Å². The van der Waals surface area contributed by atoms with E-state index < -0.39 is 0 Å². The number of hydrogen-bond donors (Lipinski definition) is 0. The molecule has 2 aromatic rings. The van der Waals surface area contributed by atoms with E-state index in [1.54, 1.807) is 0 Å². The summed E-state index contributed by atoms with van der Waals surface area (Å²) in [5, 5.41) is 16.4. The van der Waals surface area contributed by atoms with Crippen LogP contribution >= 0.6 is 23.5 Å². The van der Waals surface area contributed by atoms with Gasteiger partial charge in [0, 0.05) is 37.3 Å². The first kappa shape index (κ1) is 41.6. The van der Waals surface area contributed by atoms with Crippen LogP contribution in [0, 0.1) is 13.8 Å². The first-order chi connectivity index (χ1) is 24.2. The van der Waals surface area contributed by atoms with Gasteiger partial charge in [-0.25, -0.2) is 0 Å². The van der Waals surface area contributed by atoms with Crippen molar-refractivity contribution in [2.24, 2.45) is 20.4 Å². The Labute approximate surface area is 336 Å². The van der Waals surface area contributed by atoms with Gasteiger partial charge in [0.25, 0.3) is 11.8 Å². The van der Waals surface area contributed by atoms with Crippen LogP contribution in [0.15, 0.2) is 56.8 Å². The van der Waals surface area contributed by atoms with Gasteiger partial charge in [0.15, 0.2) is 11.4 Å². The second-order valence-electron chi connectivity index (χ2n) is 12.8. The van der Waals surface area contributed by atoms with Crippen LogP contribution in [0.1, 0.15) is 60.8 Å². The molecule has 10 nitrogen and oxygen atoms in total. The molecule has 0 saturated carbocycles. The van der Waals surface area contributed by atoms with E-state index in [9.17, 15) is 9.59 Å². The molecule has 0 atom stereocenters. The van der Waals surface area contributed by atoms with Crippen molar-refractivity contribution in [1.29, 1.82) is 0 Å². The summed E-state index contributed by atoms with van der Waals surface area (Å²) >= 11 is 12.9. The Morgan fingerprint density at radius 1 is 0.627 bits per heavy atom. The van der Waals surface area contributed by atoms with Crippen LogP contribution in [0.25, 0.3) is 0 Å². The van der Waals surface area contributed by atoms with E-state index in [4.69, 9.17) is 25.3 Å². The van der Waals surface area contributed by atoms with Crippen molar-refractivity contribution in [3.05, 3.63) is 58.7 Å². The number of fused-ring (bicyclic) bond motifs is 2. The molecule has 51 heavy (non-hydrogen) atoms. The summed E-state index contributed by atoms with van der Waals surface area (Å²) < 4.78 is 0.863. The minimum absolute atomic E-state index is 0. The molecule has 6 rings (SSSR count). The zero-order chi connectivity index (χ0) is 35.6. The van der Waals surface area contributed by atoms with Gasteiger partial charge in [-0.05, 0) is 111 Å². The van der Waals surface area contributed by atoms with Gasteiger partial charge in [-0.15, -0.1) is 33.7 Å².